The van der Waals surface area contributed by atoms with E-state index in [1.807, 2.05) is 0 Å². The molecule has 0 aliphatic rings. The minimum atomic E-state index is -0.392. The van der Waals surface area contributed by atoms with Crippen molar-refractivity contribution >= 4 is 23.2 Å². The van der Waals surface area contributed by atoms with Crippen LogP contribution in [0.25, 0.3) is 0 Å². The smallest absolute Gasteiger partial charge is 0.308 e. The summed E-state index contributed by atoms with van der Waals surface area (Å²) >= 11 is 0. The van der Waals surface area contributed by atoms with Gasteiger partial charge in [0.2, 0.25) is 0 Å². The maximum atomic E-state index is 11.6. The van der Waals surface area contributed by atoms with Crippen molar-refractivity contribution in [3.05, 3.63) is 42.2 Å². The Labute approximate surface area is 103 Å². The summed E-state index contributed by atoms with van der Waals surface area (Å²) in [4.78, 5) is 22.8. The van der Waals surface area contributed by atoms with Crippen LogP contribution in [0.3, 0.4) is 0 Å². The number of hydrogen-bond acceptors (Lipinski definition) is 3. The fraction of sp³-hybridized carbons (Fsp3) is 0.0833. The first-order chi connectivity index (χ1) is 8.65. The number of amides is 2. The summed E-state index contributed by atoms with van der Waals surface area (Å²) in [5.41, 5.74) is 1.68. The number of rotatable bonds is 3. The van der Waals surface area contributed by atoms with Gasteiger partial charge in [-0.05, 0) is 19.1 Å². The molecule has 0 fully saturated rings. The number of nitrogens with zero attached hydrogens (tertiary/aromatic N) is 1. The number of H-pyrrole nitrogens is 1. The van der Waals surface area contributed by atoms with Gasteiger partial charge >= 0.3 is 6.03 Å². The lowest BCUT2D eigenvalue weighted by molar-refractivity contribution is 0.101. The molecule has 6 heteroatoms. The van der Waals surface area contributed by atoms with Crippen molar-refractivity contribution in [2.75, 3.05) is 10.6 Å². The summed E-state index contributed by atoms with van der Waals surface area (Å²) in [5.74, 6) is -0.0473. The molecular weight excluding hydrogens is 232 g/mol. The van der Waals surface area contributed by atoms with E-state index in [2.05, 4.69) is 20.8 Å². The molecule has 2 aromatic rings. The summed E-state index contributed by atoms with van der Waals surface area (Å²) in [7, 11) is 0. The zero-order valence-corrected chi connectivity index (χ0v) is 9.73. The summed E-state index contributed by atoms with van der Waals surface area (Å²) < 4.78 is 0. The molecule has 0 aliphatic heterocycles. The highest BCUT2D eigenvalue weighted by Gasteiger charge is 2.05. The van der Waals surface area contributed by atoms with E-state index in [4.69, 9.17) is 0 Å². The largest absolute Gasteiger partial charge is 0.323 e. The Morgan fingerprint density at radius 2 is 2.00 bits per heavy atom. The SMILES string of the molecule is CC(=O)c1cccc(NC(=O)Nc2cn[nH]c2)c1. The first-order valence-corrected chi connectivity index (χ1v) is 5.33. The lowest BCUT2D eigenvalue weighted by Crippen LogP contribution is -2.19. The topological polar surface area (TPSA) is 86.9 Å². The van der Waals surface area contributed by atoms with Crippen molar-refractivity contribution in [1.82, 2.24) is 10.2 Å². The number of ketones is 1. The Morgan fingerprint density at radius 1 is 1.22 bits per heavy atom. The second kappa shape index (κ2) is 5.13. The molecule has 0 spiro atoms. The number of carbonyl (C=O) groups is 2. The molecule has 0 unspecified atom stereocenters. The Morgan fingerprint density at radius 3 is 2.67 bits per heavy atom. The Kier molecular flexibility index (Phi) is 3.38. The Hall–Kier alpha value is -2.63. The highest BCUT2D eigenvalue weighted by atomic mass is 16.2. The van der Waals surface area contributed by atoms with E-state index in [1.54, 1.807) is 30.5 Å². The lowest BCUT2D eigenvalue weighted by Gasteiger charge is -2.06. The van der Waals surface area contributed by atoms with Gasteiger partial charge in [-0.3, -0.25) is 9.89 Å². The fourth-order valence-corrected chi connectivity index (χ4v) is 1.43. The molecule has 0 bridgehead atoms. The van der Waals surface area contributed by atoms with Crippen molar-refractivity contribution in [3.8, 4) is 0 Å². The molecule has 0 radical (unpaired) electrons. The van der Waals surface area contributed by atoms with E-state index in [1.165, 1.54) is 13.1 Å². The minimum absolute atomic E-state index is 0.0473. The molecular formula is C12H12N4O2. The van der Waals surface area contributed by atoms with Gasteiger partial charge in [-0.15, -0.1) is 0 Å². The molecule has 6 nitrogen and oxygen atoms in total. The first-order valence-electron chi connectivity index (χ1n) is 5.33. The molecule has 1 aromatic heterocycles. The zero-order chi connectivity index (χ0) is 13.0. The van der Waals surface area contributed by atoms with E-state index >= 15 is 0 Å². The van der Waals surface area contributed by atoms with E-state index in [0.717, 1.165) is 0 Å². The van der Waals surface area contributed by atoms with Crippen LogP contribution < -0.4 is 10.6 Å². The van der Waals surface area contributed by atoms with Crippen LogP contribution in [0.2, 0.25) is 0 Å². The van der Waals surface area contributed by atoms with Gasteiger partial charge < -0.3 is 10.6 Å². The number of hydrogen-bond donors (Lipinski definition) is 3. The monoisotopic (exact) mass is 244 g/mol. The number of aromatic amines is 1. The van der Waals surface area contributed by atoms with Gasteiger partial charge in [0.05, 0.1) is 11.9 Å². The maximum Gasteiger partial charge on any atom is 0.323 e. The number of aromatic nitrogens is 2. The second-order valence-corrected chi connectivity index (χ2v) is 3.70. The Balaban J connectivity index is 2.03. The summed E-state index contributed by atoms with van der Waals surface area (Å²) in [6.07, 6.45) is 3.05. The van der Waals surface area contributed by atoms with E-state index in [0.29, 0.717) is 16.9 Å². The fourth-order valence-electron chi connectivity index (χ4n) is 1.43. The highest BCUT2D eigenvalue weighted by Crippen LogP contribution is 2.12. The van der Waals surface area contributed by atoms with Crippen LogP contribution in [0.15, 0.2) is 36.7 Å². The van der Waals surface area contributed by atoms with Gasteiger partial charge in [0.25, 0.3) is 0 Å². The maximum absolute atomic E-state index is 11.6. The third-order valence-electron chi connectivity index (χ3n) is 2.28. The summed E-state index contributed by atoms with van der Waals surface area (Å²) in [6.45, 7) is 1.48. The standard InChI is InChI=1S/C12H12N4O2/c1-8(17)9-3-2-4-10(5-9)15-12(18)16-11-6-13-14-7-11/h2-7H,1H3,(H,13,14)(H2,15,16,18). The zero-order valence-electron chi connectivity index (χ0n) is 9.73. The molecule has 0 atom stereocenters. The number of urea groups is 1. The van der Waals surface area contributed by atoms with E-state index in [9.17, 15) is 9.59 Å². The number of benzene rings is 1. The molecule has 92 valence electrons. The summed E-state index contributed by atoms with van der Waals surface area (Å²) in [6, 6.07) is 6.35. The normalized spacial score (nSPS) is 9.83. The van der Waals surface area contributed by atoms with Crippen molar-refractivity contribution in [2.24, 2.45) is 0 Å². The third kappa shape index (κ3) is 2.94. The predicted molar refractivity (Wildman–Crippen MR) is 67.7 cm³/mol. The van der Waals surface area contributed by atoms with Crippen LogP contribution in [0.1, 0.15) is 17.3 Å². The second-order valence-electron chi connectivity index (χ2n) is 3.70. The predicted octanol–water partition coefficient (Wildman–Crippen LogP) is 2.26. The molecule has 1 heterocycles. The quantitative estimate of drug-likeness (QED) is 0.724. The molecule has 2 rings (SSSR count). The van der Waals surface area contributed by atoms with E-state index < -0.39 is 6.03 Å². The molecule has 1 aromatic carbocycles. The average molecular weight is 244 g/mol. The van der Waals surface area contributed by atoms with Crippen LogP contribution in [0.5, 0.6) is 0 Å². The van der Waals surface area contributed by atoms with Crippen molar-refractivity contribution < 1.29 is 9.59 Å². The molecule has 18 heavy (non-hydrogen) atoms. The Bertz CT molecular complexity index is 563. The van der Waals surface area contributed by atoms with Crippen LogP contribution in [0, 0.1) is 0 Å². The van der Waals surface area contributed by atoms with Gasteiger partial charge in [0.15, 0.2) is 5.78 Å². The molecule has 0 aliphatic carbocycles. The average Bonchev–Trinajstić information content (AvgIpc) is 2.82. The molecule has 0 saturated heterocycles. The highest BCUT2D eigenvalue weighted by molar-refractivity contribution is 6.01. The van der Waals surface area contributed by atoms with Gasteiger partial charge in [0.1, 0.15) is 0 Å². The minimum Gasteiger partial charge on any atom is -0.308 e. The van der Waals surface area contributed by atoms with Crippen LogP contribution >= 0.6 is 0 Å². The van der Waals surface area contributed by atoms with Crippen LogP contribution in [0.4, 0.5) is 16.2 Å². The molecule has 0 saturated carbocycles. The van der Waals surface area contributed by atoms with Gasteiger partial charge in [-0.25, -0.2) is 4.79 Å². The first kappa shape index (κ1) is 11.8. The lowest BCUT2D eigenvalue weighted by atomic mass is 10.1. The van der Waals surface area contributed by atoms with Gasteiger partial charge in [-0.2, -0.15) is 5.10 Å². The van der Waals surface area contributed by atoms with E-state index in [-0.39, 0.29) is 5.78 Å². The number of Topliss-reactive ketones (excluding diaryl/α,β-unsaturated/α-hetero) is 1. The van der Waals surface area contributed by atoms with Crippen molar-refractivity contribution in [1.29, 1.82) is 0 Å². The number of carbonyl (C=O) groups excluding carboxylic acids is 2. The number of nitrogens with one attached hydrogen (secondary N) is 3. The third-order valence-corrected chi connectivity index (χ3v) is 2.28. The molecule has 3 N–H and O–H groups in total. The van der Waals surface area contributed by atoms with Gasteiger partial charge in [-0.1, -0.05) is 12.1 Å². The summed E-state index contributed by atoms with van der Waals surface area (Å²) in [5, 5.41) is 11.5. The van der Waals surface area contributed by atoms with Crippen LogP contribution in [-0.2, 0) is 0 Å². The van der Waals surface area contributed by atoms with Crippen molar-refractivity contribution in [3.63, 3.8) is 0 Å². The molecule has 2 amide bonds. The number of anilines is 2. The van der Waals surface area contributed by atoms with Crippen LogP contribution in [-0.4, -0.2) is 22.0 Å². The van der Waals surface area contributed by atoms with Gasteiger partial charge in [0, 0.05) is 17.4 Å². The van der Waals surface area contributed by atoms with Crippen molar-refractivity contribution in [2.45, 2.75) is 6.92 Å².